The first-order valence-electron chi connectivity index (χ1n) is 3.24. The Morgan fingerprint density at radius 2 is 1.89 bits per heavy atom. The minimum atomic E-state index is 0.216. The largest absolute Gasteiger partial charge is 0.295 e. The highest BCUT2D eigenvalue weighted by atomic mass is 16.1. The number of ketones is 1. The third kappa shape index (κ3) is 1.21. The molecule has 0 saturated carbocycles. The van der Waals surface area contributed by atoms with Gasteiger partial charge in [-0.05, 0) is 11.5 Å². The van der Waals surface area contributed by atoms with Crippen LogP contribution in [-0.4, -0.2) is 5.78 Å². The van der Waals surface area contributed by atoms with E-state index in [1.807, 2.05) is 0 Å². The van der Waals surface area contributed by atoms with E-state index in [1.54, 1.807) is 6.08 Å². The molecule has 1 aliphatic rings. The maximum absolute atomic E-state index is 10.5. The smallest absolute Gasteiger partial charge is 0.159 e. The van der Waals surface area contributed by atoms with Crippen molar-refractivity contribution in [2.24, 2.45) is 5.41 Å². The summed E-state index contributed by atoms with van der Waals surface area (Å²) in [6, 6.07) is 0. The minimum absolute atomic E-state index is 0.216. The second-order valence-corrected chi connectivity index (χ2v) is 3.56. The third-order valence-corrected chi connectivity index (χ3v) is 1.66. The first kappa shape index (κ1) is 6.53. The fourth-order valence-electron chi connectivity index (χ4n) is 0.835. The molecule has 1 aliphatic carbocycles. The predicted octanol–water partition coefficient (Wildman–Crippen LogP) is 1.93. The number of carbonyl (C=O) groups excluding carboxylic acids is 1. The first-order valence-corrected chi connectivity index (χ1v) is 3.24. The summed E-state index contributed by atoms with van der Waals surface area (Å²) in [5.74, 6) is 0.278. The quantitative estimate of drug-likeness (QED) is 0.482. The molecule has 0 radical (unpaired) electrons. The molecule has 9 heavy (non-hydrogen) atoms. The Bertz CT molecular complexity index is 169. The summed E-state index contributed by atoms with van der Waals surface area (Å²) in [7, 11) is 0. The molecular formula is C8H12O. The van der Waals surface area contributed by atoms with Crippen LogP contribution in [0.3, 0.4) is 0 Å². The van der Waals surface area contributed by atoms with Crippen molar-refractivity contribution in [3.8, 4) is 0 Å². The van der Waals surface area contributed by atoms with E-state index in [2.05, 4.69) is 20.8 Å². The Hall–Kier alpha value is -0.590. The molecule has 0 atom stereocenters. The van der Waals surface area contributed by atoms with E-state index in [1.165, 1.54) is 5.57 Å². The average Bonchev–Trinajstić information content (AvgIpc) is 1.55. The predicted molar refractivity (Wildman–Crippen MR) is 37.2 cm³/mol. The second kappa shape index (κ2) is 1.69. The molecule has 0 saturated heterocycles. The van der Waals surface area contributed by atoms with Crippen molar-refractivity contribution in [1.82, 2.24) is 0 Å². The monoisotopic (exact) mass is 124 g/mol. The molecule has 0 fully saturated rings. The van der Waals surface area contributed by atoms with E-state index in [4.69, 9.17) is 0 Å². The number of hydrogen-bond acceptors (Lipinski definition) is 1. The molecule has 0 amide bonds. The Morgan fingerprint density at radius 3 is 2.00 bits per heavy atom. The molecule has 0 heterocycles. The Balaban J connectivity index is 2.69. The molecule has 0 bridgehead atoms. The van der Waals surface area contributed by atoms with Crippen LogP contribution in [0.5, 0.6) is 0 Å². The molecule has 1 rings (SSSR count). The van der Waals surface area contributed by atoms with Crippen molar-refractivity contribution in [3.63, 3.8) is 0 Å². The van der Waals surface area contributed by atoms with Gasteiger partial charge in [0.1, 0.15) is 0 Å². The van der Waals surface area contributed by atoms with Crippen LogP contribution < -0.4 is 0 Å². The molecule has 1 nitrogen and oxygen atoms in total. The zero-order valence-electron chi connectivity index (χ0n) is 6.19. The van der Waals surface area contributed by atoms with Crippen LogP contribution in [-0.2, 0) is 4.79 Å². The van der Waals surface area contributed by atoms with Gasteiger partial charge < -0.3 is 0 Å². The summed E-state index contributed by atoms with van der Waals surface area (Å²) in [4.78, 5) is 10.5. The van der Waals surface area contributed by atoms with E-state index in [0.29, 0.717) is 6.42 Å². The Labute approximate surface area is 55.8 Å². The molecule has 0 unspecified atom stereocenters. The van der Waals surface area contributed by atoms with E-state index >= 15 is 0 Å². The van der Waals surface area contributed by atoms with E-state index in [9.17, 15) is 4.79 Å². The third-order valence-electron chi connectivity index (χ3n) is 1.66. The standard InChI is InChI=1S/C8H12O/c1-8(2,3)6-4-7(9)5-6/h4H,5H2,1-3H3. The van der Waals surface area contributed by atoms with Gasteiger partial charge in [0.25, 0.3) is 0 Å². The highest BCUT2D eigenvalue weighted by molar-refractivity contribution is 5.99. The average molecular weight is 124 g/mol. The minimum Gasteiger partial charge on any atom is -0.295 e. The van der Waals surface area contributed by atoms with Crippen molar-refractivity contribution < 1.29 is 4.79 Å². The second-order valence-electron chi connectivity index (χ2n) is 3.56. The summed E-state index contributed by atoms with van der Waals surface area (Å²) < 4.78 is 0. The number of allylic oxidation sites excluding steroid dienone is 2. The van der Waals surface area contributed by atoms with Gasteiger partial charge in [0.15, 0.2) is 5.78 Å². The molecule has 0 aromatic heterocycles. The van der Waals surface area contributed by atoms with Gasteiger partial charge in [-0.1, -0.05) is 26.3 Å². The molecule has 0 aliphatic heterocycles. The van der Waals surface area contributed by atoms with E-state index in [-0.39, 0.29) is 11.2 Å². The SMILES string of the molecule is CC(C)(C)C1=CC(=O)C1. The summed E-state index contributed by atoms with van der Waals surface area (Å²) in [5, 5.41) is 0. The van der Waals surface area contributed by atoms with Crippen LogP contribution in [0.15, 0.2) is 11.6 Å². The highest BCUT2D eigenvalue weighted by Gasteiger charge is 2.25. The van der Waals surface area contributed by atoms with Gasteiger partial charge in [0.2, 0.25) is 0 Å². The van der Waals surface area contributed by atoms with Crippen molar-refractivity contribution in [2.45, 2.75) is 27.2 Å². The maximum atomic E-state index is 10.5. The van der Waals surface area contributed by atoms with E-state index < -0.39 is 0 Å². The van der Waals surface area contributed by atoms with Crippen LogP contribution in [0.4, 0.5) is 0 Å². The first-order chi connectivity index (χ1) is 4.00. The van der Waals surface area contributed by atoms with Crippen LogP contribution in [0, 0.1) is 5.41 Å². The lowest BCUT2D eigenvalue weighted by molar-refractivity contribution is -0.115. The van der Waals surface area contributed by atoms with Crippen LogP contribution in [0.1, 0.15) is 27.2 Å². The highest BCUT2D eigenvalue weighted by Crippen LogP contribution is 2.33. The normalized spacial score (nSPS) is 19.0. The van der Waals surface area contributed by atoms with Crippen LogP contribution in [0.25, 0.3) is 0 Å². The molecule has 1 heteroatoms. The zero-order chi connectivity index (χ0) is 7.07. The lowest BCUT2D eigenvalue weighted by Crippen LogP contribution is -2.20. The van der Waals surface area contributed by atoms with Gasteiger partial charge >= 0.3 is 0 Å². The van der Waals surface area contributed by atoms with Gasteiger partial charge in [-0.3, -0.25) is 4.79 Å². The molecule has 0 spiro atoms. The topological polar surface area (TPSA) is 17.1 Å². The van der Waals surface area contributed by atoms with Gasteiger partial charge in [-0.2, -0.15) is 0 Å². The fourth-order valence-corrected chi connectivity index (χ4v) is 0.835. The Kier molecular flexibility index (Phi) is 1.23. The number of hydrogen-bond donors (Lipinski definition) is 0. The van der Waals surface area contributed by atoms with Crippen LogP contribution >= 0.6 is 0 Å². The van der Waals surface area contributed by atoms with Gasteiger partial charge in [0, 0.05) is 6.42 Å². The maximum Gasteiger partial charge on any atom is 0.159 e. The molecule has 50 valence electrons. The lowest BCUT2D eigenvalue weighted by atomic mass is 9.77. The molecular weight excluding hydrogens is 112 g/mol. The summed E-state index contributed by atoms with van der Waals surface area (Å²) in [6.07, 6.45) is 2.43. The molecule has 0 aromatic rings. The van der Waals surface area contributed by atoms with E-state index in [0.717, 1.165) is 0 Å². The van der Waals surface area contributed by atoms with Gasteiger partial charge in [0.05, 0.1) is 0 Å². The van der Waals surface area contributed by atoms with Crippen molar-refractivity contribution in [3.05, 3.63) is 11.6 Å². The fraction of sp³-hybridized carbons (Fsp3) is 0.625. The summed E-state index contributed by atoms with van der Waals surface area (Å²) in [6.45, 7) is 6.39. The Morgan fingerprint density at radius 1 is 1.44 bits per heavy atom. The number of carbonyl (C=O) groups is 1. The number of rotatable bonds is 0. The van der Waals surface area contributed by atoms with Crippen molar-refractivity contribution in [2.75, 3.05) is 0 Å². The van der Waals surface area contributed by atoms with Gasteiger partial charge in [-0.15, -0.1) is 0 Å². The van der Waals surface area contributed by atoms with Crippen LogP contribution in [0.2, 0.25) is 0 Å². The summed E-state index contributed by atoms with van der Waals surface area (Å²) >= 11 is 0. The summed E-state index contributed by atoms with van der Waals surface area (Å²) in [5.41, 5.74) is 1.50. The molecule has 0 N–H and O–H groups in total. The van der Waals surface area contributed by atoms with Crippen molar-refractivity contribution >= 4 is 5.78 Å². The zero-order valence-corrected chi connectivity index (χ0v) is 6.19. The lowest BCUT2D eigenvalue weighted by Gasteiger charge is -2.26. The molecule has 0 aromatic carbocycles. The van der Waals surface area contributed by atoms with Gasteiger partial charge in [-0.25, -0.2) is 0 Å². The van der Waals surface area contributed by atoms with Crippen molar-refractivity contribution in [1.29, 1.82) is 0 Å².